The van der Waals surface area contributed by atoms with Crippen molar-refractivity contribution < 1.29 is 5.11 Å². The van der Waals surface area contributed by atoms with Gasteiger partial charge in [0, 0.05) is 6.54 Å². The molecule has 1 aliphatic rings. The molecule has 0 amide bonds. The molecule has 0 radical (unpaired) electrons. The van der Waals surface area contributed by atoms with Gasteiger partial charge in [0.1, 0.15) is 0 Å². The van der Waals surface area contributed by atoms with E-state index in [1.165, 1.54) is 0 Å². The minimum absolute atomic E-state index is 0.292. The summed E-state index contributed by atoms with van der Waals surface area (Å²) in [5, 5.41) is 9.59. The van der Waals surface area contributed by atoms with Crippen molar-refractivity contribution >= 4 is 0 Å². The highest BCUT2D eigenvalue weighted by Gasteiger charge is 2.23. The van der Waals surface area contributed by atoms with Crippen LogP contribution in [-0.4, -0.2) is 17.3 Å². The van der Waals surface area contributed by atoms with Gasteiger partial charge >= 0.3 is 0 Å². The lowest BCUT2D eigenvalue weighted by Gasteiger charge is -2.22. The summed E-state index contributed by atoms with van der Waals surface area (Å²) in [6, 6.07) is 0. The fraction of sp³-hybridized carbons (Fsp3) is 0.500. The monoisotopic (exact) mass is 139 g/mol. The molecule has 0 saturated heterocycles. The van der Waals surface area contributed by atoms with Gasteiger partial charge in [0.05, 0.1) is 5.60 Å². The molecule has 1 aliphatic carbocycles. The normalized spacial score (nSPS) is 22.5. The molecule has 0 fully saturated rings. The third-order valence-electron chi connectivity index (χ3n) is 1.86. The lowest BCUT2D eigenvalue weighted by molar-refractivity contribution is 0.106. The maximum atomic E-state index is 9.59. The van der Waals surface area contributed by atoms with Gasteiger partial charge in [-0.1, -0.05) is 18.2 Å². The Morgan fingerprint density at radius 1 is 1.80 bits per heavy atom. The Morgan fingerprint density at radius 2 is 2.50 bits per heavy atom. The molecular weight excluding hydrogens is 126 g/mol. The first-order valence-corrected chi connectivity index (χ1v) is 3.45. The molecule has 2 nitrogen and oxygen atoms in total. The second-order valence-corrected chi connectivity index (χ2v) is 2.80. The maximum absolute atomic E-state index is 9.59. The van der Waals surface area contributed by atoms with Gasteiger partial charge < -0.3 is 10.8 Å². The molecule has 3 N–H and O–H groups in total. The van der Waals surface area contributed by atoms with Crippen LogP contribution in [0.25, 0.3) is 0 Å². The van der Waals surface area contributed by atoms with Crippen LogP contribution in [0.15, 0.2) is 23.8 Å². The standard InChI is InChI=1S/C8H13NO/c1-8(10,6-9)7-4-2-3-5-7/h2-4,10H,5-6,9H2,1H3. The van der Waals surface area contributed by atoms with Gasteiger partial charge in [-0.25, -0.2) is 0 Å². The molecule has 10 heavy (non-hydrogen) atoms. The predicted molar refractivity (Wildman–Crippen MR) is 41.5 cm³/mol. The van der Waals surface area contributed by atoms with Gasteiger partial charge in [0.2, 0.25) is 0 Å². The molecule has 56 valence electrons. The van der Waals surface area contributed by atoms with Gasteiger partial charge in [0.25, 0.3) is 0 Å². The van der Waals surface area contributed by atoms with Crippen molar-refractivity contribution in [3.8, 4) is 0 Å². The van der Waals surface area contributed by atoms with E-state index in [1.807, 2.05) is 18.2 Å². The van der Waals surface area contributed by atoms with Crippen molar-refractivity contribution in [3.05, 3.63) is 23.8 Å². The Kier molecular flexibility index (Phi) is 1.92. The molecular formula is C8H13NO. The van der Waals surface area contributed by atoms with Crippen molar-refractivity contribution in [1.29, 1.82) is 0 Å². The maximum Gasteiger partial charge on any atom is 0.0956 e. The molecule has 0 aromatic carbocycles. The molecule has 1 unspecified atom stereocenters. The SMILES string of the molecule is CC(O)(CN)C1=CC=CC1. The van der Waals surface area contributed by atoms with E-state index in [1.54, 1.807) is 6.92 Å². The van der Waals surface area contributed by atoms with Crippen LogP contribution in [-0.2, 0) is 0 Å². The quantitative estimate of drug-likeness (QED) is 0.588. The molecule has 0 heterocycles. The summed E-state index contributed by atoms with van der Waals surface area (Å²) < 4.78 is 0. The minimum Gasteiger partial charge on any atom is -0.384 e. The highest BCUT2D eigenvalue weighted by molar-refractivity contribution is 5.29. The lowest BCUT2D eigenvalue weighted by atomic mass is 9.95. The fourth-order valence-corrected chi connectivity index (χ4v) is 0.978. The van der Waals surface area contributed by atoms with Crippen LogP contribution in [0.1, 0.15) is 13.3 Å². The second-order valence-electron chi connectivity index (χ2n) is 2.80. The van der Waals surface area contributed by atoms with E-state index in [0.29, 0.717) is 6.54 Å². The van der Waals surface area contributed by atoms with Crippen molar-refractivity contribution in [2.75, 3.05) is 6.54 Å². The summed E-state index contributed by atoms with van der Waals surface area (Å²) in [6.07, 6.45) is 6.72. The van der Waals surface area contributed by atoms with Crippen LogP contribution in [0.3, 0.4) is 0 Å². The van der Waals surface area contributed by atoms with E-state index in [-0.39, 0.29) is 0 Å². The Labute approximate surface area is 61.0 Å². The van der Waals surface area contributed by atoms with Gasteiger partial charge in [-0.2, -0.15) is 0 Å². The first kappa shape index (κ1) is 7.51. The third kappa shape index (κ3) is 1.28. The van der Waals surface area contributed by atoms with Gasteiger partial charge in [-0.05, 0) is 18.9 Å². The van der Waals surface area contributed by atoms with E-state index in [4.69, 9.17) is 5.73 Å². The highest BCUT2D eigenvalue weighted by Crippen LogP contribution is 2.22. The number of hydrogen-bond acceptors (Lipinski definition) is 2. The first-order chi connectivity index (χ1) is 4.67. The van der Waals surface area contributed by atoms with E-state index in [2.05, 4.69) is 0 Å². The van der Waals surface area contributed by atoms with Crippen molar-refractivity contribution in [2.24, 2.45) is 5.73 Å². The molecule has 0 aromatic rings. The highest BCUT2D eigenvalue weighted by atomic mass is 16.3. The zero-order valence-electron chi connectivity index (χ0n) is 6.17. The number of nitrogens with two attached hydrogens (primary N) is 1. The predicted octanol–water partition coefficient (Wildman–Crippen LogP) is 0.582. The number of rotatable bonds is 2. The number of hydrogen-bond donors (Lipinski definition) is 2. The molecule has 1 atom stereocenters. The van der Waals surface area contributed by atoms with Crippen molar-refractivity contribution in [1.82, 2.24) is 0 Å². The minimum atomic E-state index is -0.802. The summed E-state index contributed by atoms with van der Waals surface area (Å²) in [4.78, 5) is 0. The summed E-state index contributed by atoms with van der Waals surface area (Å²) >= 11 is 0. The molecule has 0 aliphatic heterocycles. The van der Waals surface area contributed by atoms with Crippen molar-refractivity contribution in [2.45, 2.75) is 18.9 Å². The average molecular weight is 139 g/mol. The summed E-state index contributed by atoms with van der Waals surface area (Å²) in [6.45, 7) is 2.03. The van der Waals surface area contributed by atoms with Crippen LogP contribution >= 0.6 is 0 Å². The van der Waals surface area contributed by atoms with Gasteiger partial charge in [-0.15, -0.1) is 0 Å². The Morgan fingerprint density at radius 3 is 2.90 bits per heavy atom. The summed E-state index contributed by atoms with van der Waals surface area (Å²) in [5.41, 5.74) is 5.57. The van der Waals surface area contributed by atoms with Gasteiger partial charge in [-0.3, -0.25) is 0 Å². The smallest absolute Gasteiger partial charge is 0.0956 e. The zero-order chi connectivity index (χ0) is 7.61. The van der Waals surface area contributed by atoms with Crippen LogP contribution in [0.2, 0.25) is 0 Å². The lowest BCUT2D eigenvalue weighted by Crippen LogP contribution is -2.35. The molecule has 1 rings (SSSR count). The number of allylic oxidation sites excluding steroid dienone is 3. The largest absolute Gasteiger partial charge is 0.384 e. The number of aliphatic hydroxyl groups is 1. The van der Waals surface area contributed by atoms with Crippen molar-refractivity contribution in [3.63, 3.8) is 0 Å². The van der Waals surface area contributed by atoms with E-state index < -0.39 is 5.60 Å². The van der Waals surface area contributed by atoms with E-state index in [0.717, 1.165) is 12.0 Å². The van der Waals surface area contributed by atoms with Crippen LogP contribution < -0.4 is 5.73 Å². The molecule has 0 aromatic heterocycles. The zero-order valence-corrected chi connectivity index (χ0v) is 6.17. The van der Waals surface area contributed by atoms with Crippen LogP contribution in [0.5, 0.6) is 0 Å². The molecule has 0 saturated carbocycles. The second kappa shape index (κ2) is 2.56. The third-order valence-corrected chi connectivity index (χ3v) is 1.86. The Hall–Kier alpha value is -0.600. The van der Waals surface area contributed by atoms with Crippen LogP contribution in [0.4, 0.5) is 0 Å². The summed E-state index contributed by atoms with van der Waals surface area (Å²) in [7, 11) is 0. The Bertz CT molecular complexity index is 180. The van der Waals surface area contributed by atoms with Crippen LogP contribution in [0, 0.1) is 0 Å². The molecule has 0 spiro atoms. The fourth-order valence-electron chi connectivity index (χ4n) is 0.978. The summed E-state index contributed by atoms with van der Waals surface area (Å²) in [5.74, 6) is 0. The first-order valence-electron chi connectivity index (χ1n) is 3.45. The van der Waals surface area contributed by atoms with Gasteiger partial charge in [0.15, 0.2) is 0 Å². The van der Waals surface area contributed by atoms with E-state index >= 15 is 0 Å². The molecule has 0 bridgehead atoms. The van der Waals surface area contributed by atoms with E-state index in [9.17, 15) is 5.11 Å². The Balaban J connectivity index is 2.65. The average Bonchev–Trinajstić information content (AvgIpc) is 2.38. The molecule has 2 heteroatoms. The topological polar surface area (TPSA) is 46.2 Å².